The molecule has 0 heterocycles. The highest BCUT2D eigenvalue weighted by Crippen LogP contribution is 1.97. The van der Waals surface area contributed by atoms with Crippen LogP contribution in [-0.4, -0.2) is 42.8 Å². The van der Waals surface area contributed by atoms with Gasteiger partial charge in [0.15, 0.2) is 0 Å². The Morgan fingerprint density at radius 2 is 0.882 bits per heavy atom. The third-order valence-electron chi connectivity index (χ3n) is 0.842. The van der Waals surface area contributed by atoms with Crippen molar-refractivity contribution >= 4 is 36.4 Å². The highest BCUT2D eigenvalue weighted by molar-refractivity contribution is 8.64. The maximum Gasteiger partial charge on any atom is 0.388 e. The largest absolute Gasteiger partial charge is 0.388 e. The Labute approximate surface area is 94.1 Å². The Bertz CT molecular complexity index is 609. The van der Waals surface area contributed by atoms with Gasteiger partial charge < -0.3 is 0 Å². The third kappa shape index (κ3) is 4.40. The van der Waals surface area contributed by atoms with E-state index in [-0.39, 0.29) is 0 Å². The minimum absolute atomic E-state index is 0.496. The summed E-state index contributed by atoms with van der Waals surface area (Å²) in [5.41, 5.74) is 0. The summed E-state index contributed by atoms with van der Waals surface area (Å²) in [7, 11) is -22.4. The van der Waals surface area contributed by atoms with Gasteiger partial charge in [0, 0.05) is 0 Å². The topological polar surface area (TPSA) is 210 Å². The molecule has 104 valence electrons. The van der Waals surface area contributed by atoms with E-state index < -0.39 is 36.4 Å². The molecule has 0 aliphatic carbocycles. The van der Waals surface area contributed by atoms with E-state index in [0.717, 1.165) is 0 Å². The smallest absolute Gasteiger partial charge is 0.273 e. The highest BCUT2D eigenvalue weighted by Gasteiger charge is 2.31. The van der Waals surface area contributed by atoms with Crippen molar-refractivity contribution in [2.45, 2.75) is 0 Å². The van der Waals surface area contributed by atoms with Gasteiger partial charge in [-0.15, -0.1) is 0 Å². The van der Waals surface area contributed by atoms with Gasteiger partial charge >= 0.3 is 36.4 Å². The quantitative estimate of drug-likeness (QED) is 0.210. The lowest BCUT2D eigenvalue weighted by Gasteiger charge is -2.04. The Morgan fingerprint density at radius 3 is 1.06 bits per heavy atom. The fourth-order valence-electron chi connectivity index (χ4n) is 0.205. The first-order valence-corrected chi connectivity index (χ1v) is 9.73. The molecule has 0 atom stereocenters. The van der Waals surface area contributed by atoms with Crippen molar-refractivity contribution < 1.29 is 47.7 Å². The van der Waals surface area contributed by atoms with Crippen LogP contribution >= 0.6 is 0 Å². The third-order valence-corrected chi connectivity index (χ3v) is 6.26. The average Bonchev–Trinajstić information content (AvgIpc) is 1.98. The average molecular weight is 336 g/mol. The van der Waals surface area contributed by atoms with Crippen LogP contribution in [0.1, 0.15) is 0 Å². The van der Waals surface area contributed by atoms with Gasteiger partial charge in [-0.3, -0.25) is 9.11 Å². The lowest BCUT2D eigenvalue weighted by atomic mass is 13.2. The lowest BCUT2D eigenvalue weighted by Crippen LogP contribution is -2.39. The summed E-state index contributed by atoms with van der Waals surface area (Å²) < 4.78 is 98.3. The molecule has 0 spiro atoms. The maximum absolute atomic E-state index is 10.5. The molecule has 4 N–H and O–H groups in total. The van der Waals surface area contributed by atoms with Gasteiger partial charge in [-0.25, -0.2) is 0 Å². The van der Waals surface area contributed by atoms with Crippen LogP contribution in [0.3, 0.4) is 0 Å². The predicted molar refractivity (Wildman–Crippen MR) is 48.3 cm³/mol. The molecule has 0 bridgehead atoms. The second-order valence-electron chi connectivity index (χ2n) is 2.03. The van der Waals surface area contributed by atoms with E-state index in [2.05, 4.69) is 4.94 Å². The Balaban J connectivity index is 4.81. The SMILES string of the molecule is O=S(=O)(O)S(=O)(=O)NONS(=O)(=O)S(=O)(=O)O. The maximum atomic E-state index is 10.5. The Kier molecular flexibility index (Phi) is 4.59. The summed E-state index contributed by atoms with van der Waals surface area (Å²) in [6.07, 6.45) is 0. The van der Waals surface area contributed by atoms with Crippen LogP contribution in [0.4, 0.5) is 0 Å². The van der Waals surface area contributed by atoms with E-state index in [1.165, 1.54) is 0 Å². The van der Waals surface area contributed by atoms with Crippen molar-refractivity contribution in [3.63, 3.8) is 0 Å². The van der Waals surface area contributed by atoms with E-state index in [1.807, 2.05) is 0 Å². The molecule has 0 fully saturated rings. The molecule has 0 aliphatic rings. The van der Waals surface area contributed by atoms with Crippen LogP contribution in [0.5, 0.6) is 0 Å². The van der Waals surface area contributed by atoms with Crippen molar-refractivity contribution in [1.29, 1.82) is 0 Å². The first-order valence-electron chi connectivity index (χ1n) is 2.85. The molecular weight excluding hydrogens is 332 g/mol. The van der Waals surface area contributed by atoms with Crippen LogP contribution in [0.15, 0.2) is 0 Å². The Morgan fingerprint density at radius 1 is 0.647 bits per heavy atom. The zero-order chi connectivity index (χ0) is 14.1. The van der Waals surface area contributed by atoms with Gasteiger partial charge in [0.1, 0.15) is 0 Å². The zero-order valence-electron chi connectivity index (χ0n) is 7.20. The molecule has 0 unspecified atom stereocenters. The van der Waals surface area contributed by atoms with E-state index in [9.17, 15) is 33.7 Å². The molecule has 0 aliphatic heterocycles. The number of rotatable bonds is 6. The molecule has 17 heteroatoms. The molecule has 17 heavy (non-hydrogen) atoms. The van der Waals surface area contributed by atoms with Crippen molar-refractivity contribution in [2.24, 2.45) is 0 Å². The predicted octanol–water partition coefficient (Wildman–Crippen LogP) is -3.72. The normalized spacial score (nSPS) is 14.7. The van der Waals surface area contributed by atoms with Crippen molar-refractivity contribution in [3.05, 3.63) is 0 Å². The summed E-state index contributed by atoms with van der Waals surface area (Å²) >= 11 is 0. The van der Waals surface area contributed by atoms with Gasteiger partial charge in [-0.1, -0.05) is 9.77 Å². The monoisotopic (exact) mass is 336 g/mol. The number of hydrogen-bond donors (Lipinski definition) is 4. The molecule has 0 aromatic heterocycles. The van der Waals surface area contributed by atoms with Crippen molar-refractivity contribution in [3.8, 4) is 0 Å². The van der Waals surface area contributed by atoms with Crippen molar-refractivity contribution in [1.82, 2.24) is 9.77 Å². The fraction of sp³-hybridized carbons (Fsp3) is 0. The van der Waals surface area contributed by atoms with E-state index in [4.69, 9.17) is 9.11 Å². The highest BCUT2D eigenvalue weighted by atomic mass is 33.2. The van der Waals surface area contributed by atoms with E-state index >= 15 is 0 Å². The fourth-order valence-corrected chi connectivity index (χ4v) is 1.44. The molecule has 0 aromatic rings. The molecule has 0 saturated carbocycles. The van der Waals surface area contributed by atoms with Crippen LogP contribution in [0.2, 0.25) is 0 Å². The van der Waals surface area contributed by atoms with Crippen molar-refractivity contribution in [2.75, 3.05) is 0 Å². The van der Waals surface area contributed by atoms with Gasteiger partial charge in [0.2, 0.25) is 0 Å². The molecule has 0 saturated heterocycles. The van der Waals surface area contributed by atoms with E-state index in [0.29, 0.717) is 9.77 Å². The number of nitrogens with one attached hydrogen (secondary N) is 2. The molecule has 0 aromatic carbocycles. The second-order valence-corrected chi connectivity index (χ2v) is 11.1. The van der Waals surface area contributed by atoms with Crippen LogP contribution in [-0.2, 0) is 41.3 Å². The van der Waals surface area contributed by atoms with Crippen LogP contribution in [0.25, 0.3) is 0 Å². The summed E-state index contributed by atoms with van der Waals surface area (Å²) in [4.78, 5) is 4.25. The molecule has 0 radical (unpaired) electrons. The second kappa shape index (κ2) is 4.70. The molecular formula is H4N2O11S4. The summed E-state index contributed by atoms with van der Waals surface area (Å²) in [5.74, 6) is 0. The van der Waals surface area contributed by atoms with Gasteiger partial charge in [-0.2, -0.15) is 38.6 Å². The van der Waals surface area contributed by atoms with Crippen LogP contribution < -0.4 is 9.77 Å². The van der Waals surface area contributed by atoms with Gasteiger partial charge in [0.05, 0.1) is 0 Å². The van der Waals surface area contributed by atoms with Gasteiger partial charge in [-0.05, 0) is 0 Å². The molecule has 0 rings (SSSR count). The summed E-state index contributed by atoms with van der Waals surface area (Å²) in [5, 5.41) is 0. The van der Waals surface area contributed by atoms with Gasteiger partial charge in [0.25, 0.3) is 0 Å². The minimum atomic E-state index is -5.67. The minimum Gasteiger partial charge on any atom is -0.273 e. The number of hydrogen-bond acceptors (Lipinski definition) is 9. The van der Waals surface area contributed by atoms with E-state index in [1.54, 1.807) is 0 Å². The standard InChI is InChI=1S/H4N2O11S4/c3-14(4,16(7,8)9)1-13-2-15(5,6)17(10,11)12/h1-2H,(H,7,8,9)(H,10,11,12). The summed E-state index contributed by atoms with van der Waals surface area (Å²) in [6.45, 7) is 0. The van der Waals surface area contributed by atoms with Crippen LogP contribution in [0, 0.1) is 0 Å². The zero-order valence-corrected chi connectivity index (χ0v) is 10.5. The first-order chi connectivity index (χ1) is 7.21. The Hall–Kier alpha value is -0.400. The first kappa shape index (κ1) is 16.6. The molecule has 0 amide bonds. The molecule has 13 nitrogen and oxygen atoms in total. The summed E-state index contributed by atoms with van der Waals surface area (Å²) in [6, 6.07) is 0. The lowest BCUT2D eigenvalue weighted by molar-refractivity contribution is 0.0558.